The largest absolute Gasteiger partial charge is 0.371 e. The number of hydrogen-bond acceptors (Lipinski definition) is 7. The minimum atomic E-state index is -3.67. The number of nitrogens with zero attached hydrogens (tertiary/aromatic N) is 1. The molecule has 2 fully saturated rings. The van der Waals surface area contributed by atoms with Crippen LogP contribution in [-0.4, -0.2) is 57.4 Å². The van der Waals surface area contributed by atoms with Gasteiger partial charge in [-0.05, 0) is 55.9 Å². The summed E-state index contributed by atoms with van der Waals surface area (Å²) in [5, 5.41) is 11.8. The molecule has 2 saturated heterocycles. The molecule has 9 nitrogen and oxygen atoms in total. The summed E-state index contributed by atoms with van der Waals surface area (Å²) in [4.78, 5) is 25.7. The topological polar surface area (TPSA) is 128 Å². The zero-order chi connectivity index (χ0) is 22.3. The van der Waals surface area contributed by atoms with Gasteiger partial charge in [-0.2, -0.15) is 0 Å². The molecule has 0 aliphatic carbocycles. The number of sulfonamides is 1. The van der Waals surface area contributed by atoms with Crippen LogP contribution in [0.1, 0.15) is 31.2 Å². The lowest BCUT2D eigenvalue weighted by Crippen LogP contribution is -2.45. The van der Waals surface area contributed by atoms with Gasteiger partial charge in [0.15, 0.2) is 0 Å². The number of amides is 2. The third-order valence-corrected chi connectivity index (χ3v) is 7.22. The summed E-state index contributed by atoms with van der Waals surface area (Å²) in [5.74, 6) is -1.37. The van der Waals surface area contributed by atoms with Crippen molar-refractivity contribution in [3.63, 3.8) is 0 Å². The average Bonchev–Trinajstić information content (AvgIpc) is 2.78. The summed E-state index contributed by atoms with van der Waals surface area (Å²) in [5.41, 5.74) is 3.35. The van der Waals surface area contributed by atoms with Gasteiger partial charge in [-0.1, -0.05) is 18.2 Å². The van der Waals surface area contributed by atoms with Gasteiger partial charge in [0, 0.05) is 31.4 Å². The van der Waals surface area contributed by atoms with Gasteiger partial charge < -0.3 is 10.2 Å². The molecule has 3 rings (SSSR count). The quantitative estimate of drug-likeness (QED) is 0.276. The Morgan fingerprint density at radius 3 is 2.61 bits per heavy atom. The van der Waals surface area contributed by atoms with Crippen molar-refractivity contribution >= 4 is 33.6 Å². The molecular formula is C21H30N4O5S. The highest BCUT2D eigenvalue weighted by Crippen LogP contribution is 2.28. The zero-order valence-corrected chi connectivity index (χ0v) is 18.2. The molecule has 10 heteroatoms. The fraction of sp³-hybridized carbons (Fsp3) is 0.524. The van der Waals surface area contributed by atoms with Crippen molar-refractivity contribution in [2.45, 2.75) is 25.7 Å². The van der Waals surface area contributed by atoms with Gasteiger partial charge in [-0.25, -0.2) is 13.9 Å². The number of hydroxylamine groups is 1. The van der Waals surface area contributed by atoms with Gasteiger partial charge in [0.05, 0.1) is 11.7 Å². The minimum absolute atomic E-state index is 0.0195. The molecule has 2 amide bonds. The smallest absolute Gasteiger partial charge is 0.267 e. The van der Waals surface area contributed by atoms with Crippen molar-refractivity contribution in [3.05, 3.63) is 35.9 Å². The van der Waals surface area contributed by atoms with Crippen LogP contribution in [0.25, 0.3) is 6.08 Å². The predicted octanol–water partition coefficient (Wildman–Crippen LogP) is 0.867. The Kier molecular flexibility index (Phi) is 8.05. The molecule has 0 aromatic heterocycles. The van der Waals surface area contributed by atoms with E-state index in [2.05, 4.69) is 14.9 Å². The van der Waals surface area contributed by atoms with Crippen molar-refractivity contribution < 1.29 is 23.2 Å². The van der Waals surface area contributed by atoms with Crippen molar-refractivity contribution in [3.8, 4) is 0 Å². The lowest BCUT2D eigenvalue weighted by atomic mass is 9.97. The molecule has 1 aromatic carbocycles. The van der Waals surface area contributed by atoms with Crippen LogP contribution in [0, 0.1) is 11.8 Å². The SMILES string of the molecule is O=C(/C=C/c1ccccc1N1CCC(CS(=O)(=O)NC(=O)C2CCCNC2)CC1)NO. The van der Waals surface area contributed by atoms with Crippen LogP contribution in [0.5, 0.6) is 0 Å². The number of para-hydroxylation sites is 1. The molecule has 2 heterocycles. The number of hydrogen-bond donors (Lipinski definition) is 4. The highest BCUT2D eigenvalue weighted by molar-refractivity contribution is 7.90. The van der Waals surface area contributed by atoms with Gasteiger partial charge in [-0.3, -0.25) is 19.5 Å². The maximum atomic E-state index is 12.5. The first-order chi connectivity index (χ1) is 14.9. The standard InChI is InChI=1S/C21H30N4O5S/c26-20(23-28)8-7-17-4-1-2-6-19(17)25-12-9-16(10-13-25)15-31(29,30)24-21(27)18-5-3-11-22-14-18/h1-2,4,6-8,16,18,22,28H,3,5,9-15H2,(H,23,26)(H,24,27)/b8-7+. The van der Waals surface area contributed by atoms with Gasteiger partial charge in [0.2, 0.25) is 15.9 Å². The highest BCUT2D eigenvalue weighted by atomic mass is 32.2. The Bertz CT molecular complexity index is 904. The first-order valence-corrected chi connectivity index (χ1v) is 12.2. The summed E-state index contributed by atoms with van der Waals surface area (Å²) in [6.07, 6.45) is 5.85. The Morgan fingerprint density at radius 1 is 1.19 bits per heavy atom. The molecule has 0 bridgehead atoms. The average molecular weight is 451 g/mol. The molecule has 4 N–H and O–H groups in total. The first kappa shape index (κ1) is 23.2. The van der Waals surface area contributed by atoms with Crippen molar-refractivity contribution in [1.82, 2.24) is 15.5 Å². The number of benzene rings is 1. The summed E-state index contributed by atoms with van der Waals surface area (Å²) < 4.78 is 27.3. The molecule has 2 aliphatic rings. The van der Waals surface area contributed by atoms with E-state index in [9.17, 15) is 18.0 Å². The van der Waals surface area contributed by atoms with Gasteiger partial charge in [0.25, 0.3) is 5.91 Å². The van der Waals surface area contributed by atoms with E-state index < -0.39 is 21.8 Å². The second-order valence-corrected chi connectivity index (χ2v) is 9.86. The van der Waals surface area contributed by atoms with E-state index in [1.807, 2.05) is 24.3 Å². The van der Waals surface area contributed by atoms with Crippen LogP contribution in [0.15, 0.2) is 30.3 Å². The summed E-state index contributed by atoms with van der Waals surface area (Å²) in [6.45, 7) is 2.74. The van der Waals surface area contributed by atoms with Crippen LogP contribution >= 0.6 is 0 Å². The predicted molar refractivity (Wildman–Crippen MR) is 118 cm³/mol. The summed E-state index contributed by atoms with van der Waals surface area (Å²) >= 11 is 0. The van der Waals surface area contributed by atoms with Gasteiger partial charge >= 0.3 is 0 Å². The Morgan fingerprint density at radius 2 is 1.94 bits per heavy atom. The highest BCUT2D eigenvalue weighted by Gasteiger charge is 2.29. The number of anilines is 1. The van der Waals surface area contributed by atoms with Gasteiger partial charge in [-0.15, -0.1) is 0 Å². The zero-order valence-electron chi connectivity index (χ0n) is 17.4. The number of rotatable bonds is 7. The Labute approximate surface area is 182 Å². The maximum absolute atomic E-state index is 12.5. The Balaban J connectivity index is 1.54. The van der Waals surface area contributed by atoms with Crippen LogP contribution < -0.4 is 20.4 Å². The third kappa shape index (κ3) is 6.78. The van der Waals surface area contributed by atoms with E-state index >= 15 is 0 Å². The van der Waals surface area contributed by atoms with E-state index in [-0.39, 0.29) is 17.6 Å². The maximum Gasteiger partial charge on any atom is 0.267 e. The molecule has 0 spiro atoms. The summed E-state index contributed by atoms with van der Waals surface area (Å²) in [6, 6.07) is 7.60. The fourth-order valence-electron chi connectivity index (χ4n) is 4.12. The van der Waals surface area contributed by atoms with Crippen molar-refractivity contribution in [2.24, 2.45) is 11.8 Å². The van der Waals surface area contributed by atoms with Crippen molar-refractivity contribution in [1.29, 1.82) is 0 Å². The third-order valence-electron chi connectivity index (χ3n) is 5.80. The Hall–Kier alpha value is -2.43. The first-order valence-electron chi connectivity index (χ1n) is 10.6. The van der Waals surface area contributed by atoms with Crippen LogP contribution in [-0.2, 0) is 19.6 Å². The van der Waals surface area contributed by atoms with E-state index in [0.29, 0.717) is 38.9 Å². The van der Waals surface area contributed by atoms with Crippen LogP contribution in [0.4, 0.5) is 5.69 Å². The second-order valence-electron chi connectivity index (χ2n) is 8.09. The van der Waals surface area contributed by atoms with E-state index in [4.69, 9.17) is 5.21 Å². The van der Waals surface area contributed by atoms with E-state index in [1.165, 1.54) is 6.08 Å². The molecule has 31 heavy (non-hydrogen) atoms. The molecular weight excluding hydrogens is 420 g/mol. The molecule has 1 unspecified atom stereocenters. The fourth-order valence-corrected chi connectivity index (χ4v) is 5.63. The monoisotopic (exact) mass is 450 g/mol. The number of carbonyl (C=O) groups excluding carboxylic acids is 2. The minimum Gasteiger partial charge on any atom is -0.371 e. The lowest BCUT2D eigenvalue weighted by Gasteiger charge is -2.34. The molecule has 0 saturated carbocycles. The number of carbonyl (C=O) groups is 2. The van der Waals surface area contributed by atoms with Crippen LogP contribution in [0.3, 0.4) is 0 Å². The second kappa shape index (κ2) is 10.7. The normalized spacial score (nSPS) is 20.5. The molecule has 1 aromatic rings. The molecule has 2 aliphatic heterocycles. The molecule has 170 valence electrons. The van der Waals surface area contributed by atoms with Gasteiger partial charge in [0.1, 0.15) is 0 Å². The summed E-state index contributed by atoms with van der Waals surface area (Å²) in [7, 11) is -3.67. The van der Waals surface area contributed by atoms with E-state index in [0.717, 1.165) is 24.2 Å². The lowest BCUT2D eigenvalue weighted by molar-refractivity contribution is -0.124. The number of nitrogens with one attached hydrogen (secondary N) is 3. The van der Waals surface area contributed by atoms with Crippen LogP contribution in [0.2, 0.25) is 0 Å². The van der Waals surface area contributed by atoms with Crippen molar-refractivity contribution in [2.75, 3.05) is 36.8 Å². The molecule has 1 atom stereocenters. The van der Waals surface area contributed by atoms with E-state index in [1.54, 1.807) is 11.6 Å². The molecule has 0 radical (unpaired) electrons. The number of piperidine rings is 2.